The Hall–Kier alpha value is -3.64. The van der Waals surface area contributed by atoms with Gasteiger partial charge in [0.15, 0.2) is 5.01 Å². The number of likely N-dealkylation sites (tertiary alicyclic amines) is 1. The molecule has 5 rings (SSSR count). The van der Waals surface area contributed by atoms with E-state index in [2.05, 4.69) is 53.2 Å². The molecule has 0 aliphatic carbocycles. The summed E-state index contributed by atoms with van der Waals surface area (Å²) in [5.41, 5.74) is 2.59. The maximum absolute atomic E-state index is 14.7. The maximum atomic E-state index is 14.7. The van der Waals surface area contributed by atoms with E-state index in [0.717, 1.165) is 17.6 Å². The van der Waals surface area contributed by atoms with E-state index in [-0.39, 0.29) is 24.0 Å². The molecule has 4 aromatic heterocycles. The fourth-order valence-corrected chi connectivity index (χ4v) is 5.26. The Bertz CT molecular complexity index is 1470. The van der Waals surface area contributed by atoms with Gasteiger partial charge in [0.05, 0.1) is 36.1 Å². The zero-order valence-corrected chi connectivity index (χ0v) is 22.8. The van der Waals surface area contributed by atoms with E-state index in [1.54, 1.807) is 29.1 Å². The molecular weight excluding hydrogens is 505 g/mol. The van der Waals surface area contributed by atoms with Crippen LogP contribution in [0.25, 0.3) is 22.3 Å². The van der Waals surface area contributed by atoms with Gasteiger partial charge in [-0.25, -0.2) is 8.91 Å². The molecule has 38 heavy (non-hydrogen) atoms. The first kappa shape index (κ1) is 26.0. The van der Waals surface area contributed by atoms with Gasteiger partial charge >= 0.3 is 0 Å². The number of nitrogens with one attached hydrogen (secondary N) is 2. The first-order chi connectivity index (χ1) is 18.1. The highest BCUT2D eigenvalue weighted by Crippen LogP contribution is 2.31. The number of carbonyl (C=O) groups excluding carboxylic acids is 1. The van der Waals surface area contributed by atoms with E-state index < -0.39 is 6.17 Å². The molecule has 12 heteroatoms. The van der Waals surface area contributed by atoms with Crippen molar-refractivity contribution in [1.82, 2.24) is 39.6 Å². The summed E-state index contributed by atoms with van der Waals surface area (Å²) in [7, 11) is 1.92. The summed E-state index contributed by atoms with van der Waals surface area (Å²) in [5, 5.41) is 20.8. The Kier molecular flexibility index (Phi) is 7.01. The third-order valence-electron chi connectivity index (χ3n) is 6.66. The highest BCUT2D eigenvalue weighted by Gasteiger charge is 2.28. The van der Waals surface area contributed by atoms with E-state index in [0.29, 0.717) is 40.1 Å². The first-order valence-corrected chi connectivity index (χ1v) is 13.3. The summed E-state index contributed by atoms with van der Waals surface area (Å²) < 4.78 is 18.4. The largest absolute Gasteiger partial charge is 0.363 e. The molecule has 10 nitrogen and oxygen atoms in total. The Morgan fingerprint density at radius 2 is 2.13 bits per heavy atom. The first-order valence-electron chi connectivity index (χ1n) is 12.5. The summed E-state index contributed by atoms with van der Waals surface area (Å²) in [6.45, 7) is 11.6. The number of hydrogen-bond donors (Lipinski definition) is 2. The number of amides is 1. The molecule has 1 amide bonds. The van der Waals surface area contributed by atoms with E-state index in [1.165, 1.54) is 11.3 Å². The molecule has 1 saturated heterocycles. The standard InChI is InChI=1S/C26H32FN9OS/c1-6-17-20-11-28-12-21(30-19-8-9-34(5)15-18(19)27)36(20)33-23(17)25-32-31-22(38-25)13-29-24(37)16-7-10-35(14-16)26(2,3)4/h6-7,10-12,14,18-19,30H,1,8-9,13,15H2,2-5H3,(H,29,37)/t18-,19+/m0/s1. The van der Waals surface area contributed by atoms with E-state index in [4.69, 9.17) is 5.10 Å². The van der Waals surface area contributed by atoms with Crippen molar-refractivity contribution in [2.24, 2.45) is 0 Å². The molecule has 5 heterocycles. The van der Waals surface area contributed by atoms with Crippen LogP contribution in [-0.4, -0.2) is 72.5 Å². The number of halogens is 1. The average molecular weight is 538 g/mol. The van der Waals surface area contributed by atoms with Crippen LogP contribution in [0.4, 0.5) is 10.2 Å². The van der Waals surface area contributed by atoms with Crippen molar-refractivity contribution in [2.75, 3.05) is 25.5 Å². The summed E-state index contributed by atoms with van der Waals surface area (Å²) in [5.74, 6) is 0.430. The number of aromatic nitrogens is 6. The molecule has 0 radical (unpaired) electrons. The molecule has 2 N–H and O–H groups in total. The number of nitrogens with zero attached hydrogens (tertiary/aromatic N) is 7. The summed E-state index contributed by atoms with van der Waals surface area (Å²) >= 11 is 1.35. The second kappa shape index (κ2) is 10.3. The Balaban J connectivity index is 1.34. The molecule has 1 aliphatic rings. The highest BCUT2D eigenvalue weighted by molar-refractivity contribution is 7.14. The van der Waals surface area contributed by atoms with E-state index in [9.17, 15) is 9.18 Å². The third kappa shape index (κ3) is 5.18. The van der Waals surface area contributed by atoms with E-state index in [1.807, 2.05) is 28.9 Å². The van der Waals surface area contributed by atoms with E-state index >= 15 is 0 Å². The predicted molar refractivity (Wildman–Crippen MR) is 147 cm³/mol. The summed E-state index contributed by atoms with van der Waals surface area (Å²) in [4.78, 5) is 19.0. The van der Waals surface area contributed by atoms with Gasteiger partial charge in [0.1, 0.15) is 22.7 Å². The topological polar surface area (TPSA) is 105 Å². The van der Waals surface area contributed by atoms with Gasteiger partial charge in [-0.3, -0.25) is 9.78 Å². The minimum absolute atomic E-state index is 0.102. The van der Waals surface area contributed by atoms with Gasteiger partial charge in [0.2, 0.25) is 0 Å². The number of alkyl halides is 1. The molecule has 0 unspecified atom stereocenters. The Morgan fingerprint density at radius 3 is 2.84 bits per heavy atom. The normalized spacial score (nSPS) is 18.6. The van der Waals surface area contributed by atoms with Crippen molar-refractivity contribution in [3.05, 3.63) is 53.6 Å². The van der Waals surface area contributed by atoms with Crippen molar-refractivity contribution < 1.29 is 9.18 Å². The minimum atomic E-state index is -0.995. The van der Waals surface area contributed by atoms with Gasteiger partial charge in [-0.15, -0.1) is 10.2 Å². The summed E-state index contributed by atoms with van der Waals surface area (Å²) in [6, 6.07) is 1.48. The van der Waals surface area contributed by atoms with Crippen LogP contribution in [0.5, 0.6) is 0 Å². The van der Waals surface area contributed by atoms with Crippen LogP contribution < -0.4 is 10.6 Å². The van der Waals surface area contributed by atoms with Gasteiger partial charge in [0, 0.05) is 36.6 Å². The average Bonchev–Trinajstić information content (AvgIpc) is 3.62. The second-order valence-corrected chi connectivity index (χ2v) is 11.6. The van der Waals surface area contributed by atoms with Crippen molar-refractivity contribution in [3.8, 4) is 10.7 Å². The van der Waals surface area contributed by atoms with Crippen molar-refractivity contribution in [3.63, 3.8) is 0 Å². The number of fused-ring (bicyclic) bond motifs is 1. The van der Waals surface area contributed by atoms with Gasteiger partial charge in [-0.05, 0) is 40.3 Å². The van der Waals surface area contributed by atoms with Gasteiger partial charge < -0.3 is 20.1 Å². The van der Waals surface area contributed by atoms with Crippen molar-refractivity contribution in [1.29, 1.82) is 0 Å². The summed E-state index contributed by atoms with van der Waals surface area (Å²) in [6.07, 6.45) is 8.48. The van der Waals surface area contributed by atoms with Crippen LogP contribution in [0.1, 0.15) is 48.1 Å². The second-order valence-electron chi connectivity index (χ2n) is 10.5. The number of piperidine rings is 1. The molecule has 200 valence electrons. The maximum Gasteiger partial charge on any atom is 0.253 e. The van der Waals surface area contributed by atoms with Gasteiger partial charge in [-0.2, -0.15) is 5.10 Å². The van der Waals surface area contributed by atoms with Gasteiger partial charge in [0.25, 0.3) is 5.91 Å². The molecular formula is C26H32FN9OS. The lowest BCUT2D eigenvalue weighted by Gasteiger charge is -2.33. The van der Waals surface area contributed by atoms with Crippen LogP contribution in [0.15, 0.2) is 37.4 Å². The van der Waals surface area contributed by atoms with Crippen LogP contribution in [0.2, 0.25) is 0 Å². The van der Waals surface area contributed by atoms with Crippen LogP contribution in [0, 0.1) is 0 Å². The number of hydrogen-bond acceptors (Lipinski definition) is 8. The number of rotatable bonds is 7. The molecule has 2 atom stereocenters. The lowest BCUT2D eigenvalue weighted by atomic mass is 10.0. The molecule has 0 spiro atoms. The fraction of sp³-hybridized carbons (Fsp3) is 0.423. The van der Waals surface area contributed by atoms with Gasteiger partial charge in [-0.1, -0.05) is 24.0 Å². The molecule has 0 aromatic carbocycles. The SMILES string of the molecule is C=Cc1c(-c2nnc(CNC(=O)c3ccn(C(C)(C)C)c3)s2)nn2c(N[C@@H]3CCN(C)C[C@@H]3F)cncc12. The molecule has 0 saturated carbocycles. The lowest BCUT2D eigenvalue weighted by molar-refractivity contribution is 0.0950. The lowest BCUT2D eigenvalue weighted by Crippen LogP contribution is -2.46. The van der Waals surface area contributed by atoms with Crippen molar-refractivity contribution in [2.45, 2.75) is 51.5 Å². The fourth-order valence-electron chi connectivity index (χ4n) is 4.48. The third-order valence-corrected chi connectivity index (χ3v) is 7.59. The van der Waals surface area contributed by atoms with Crippen molar-refractivity contribution >= 4 is 34.7 Å². The Morgan fingerprint density at radius 1 is 1.32 bits per heavy atom. The smallest absolute Gasteiger partial charge is 0.253 e. The zero-order valence-electron chi connectivity index (χ0n) is 22.0. The number of carbonyl (C=O) groups is 1. The Labute approximate surface area is 224 Å². The van der Waals surface area contributed by atoms with Crippen LogP contribution in [-0.2, 0) is 12.1 Å². The molecule has 1 aliphatic heterocycles. The molecule has 1 fully saturated rings. The number of anilines is 1. The zero-order chi connectivity index (χ0) is 27.0. The monoisotopic (exact) mass is 537 g/mol. The highest BCUT2D eigenvalue weighted by atomic mass is 32.1. The quantitative estimate of drug-likeness (QED) is 0.369. The molecule has 0 bridgehead atoms. The predicted octanol–water partition coefficient (Wildman–Crippen LogP) is 3.83. The molecule has 4 aromatic rings. The van der Waals surface area contributed by atoms with Crippen LogP contribution >= 0.6 is 11.3 Å². The minimum Gasteiger partial charge on any atom is -0.363 e. The van der Waals surface area contributed by atoms with Crippen LogP contribution in [0.3, 0.4) is 0 Å².